The van der Waals surface area contributed by atoms with E-state index < -0.39 is 0 Å². The normalized spacial score (nSPS) is 11.2. The minimum absolute atomic E-state index is 0.00965. The third-order valence-electron chi connectivity index (χ3n) is 4.16. The van der Waals surface area contributed by atoms with Gasteiger partial charge in [0.25, 0.3) is 5.56 Å². The molecule has 2 aromatic carbocycles. The zero-order valence-corrected chi connectivity index (χ0v) is 15.8. The number of fused-ring (bicyclic) bond motifs is 1. The van der Waals surface area contributed by atoms with Gasteiger partial charge in [0.15, 0.2) is 0 Å². The van der Waals surface area contributed by atoms with Crippen LogP contribution in [-0.2, 0) is 13.1 Å². The Labute approximate surface area is 158 Å². The highest BCUT2D eigenvalue weighted by Crippen LogP contribution is 2.19. The first-order valence-electron chi connectivity index (χ1n) is 8.78. The Hall–Kier alpha value is -2.30. The van der Waals surface area contributed by atoms with Crippen molar-refractivity contribution in [2.75, 3.05) is 6.61 Å². The predicted octanol–water partition coefficient (Wildman–Crippen LogP) is 4.23. The van der Waals surface area contributed by atoms with E-state index in [1.807, 2.05) is 54.6 Å². The van der Waals surface area contributed by atoms with Gasteiger partial charge in [-0.2, -0.15) is 0 Å². The molecule has 0 radical (unpaired) electrons. The maximum atomic E-state index is 13.0. The number of pyridine rings is 1. The quantitative estimate of drug-likeness (QED) is 0.676. The monoisotopic (exact) mass is 370 g/mol. The summed E-state index contributed by atoms with van der Waals surface area (Å²) in [5.74, 6) is 0.792. The molecule has 0 bridgehead atoms. The lowest BCUT2D eigenvalue weighted by Gasteiger charge is -2.15. The first-order valence-corrected chi connectivity index (χ1v) is 9.15. The van der Waals surface area contributed by atoms with Crippen molar-refractivity contribution < 1.29 is 4.74 Å². The van der Waals surface area contributed by atoms with Gasteiger partial charge in [-0.15, -0.1) is 0 Å². The molecule has 0 amide bonds. The van der Waals surface area contributed by atoms with Crippen molar-refractivity contribution >= 4 is 22.5 Å². The second-order valence-electron chi connectivity index (χ2n) is 6.53. The van der Waals surface area contributed by atoms with Crippen molar-refractivity contribution in [3.8, 4) is 5.75 Å². The molecule has 4 nitrogen and oxygen atoms in total. The number of para-hydroxylation sites is 1. The van der Waals surface area contributed by atoms with Gasteiger partial charge < -0.3 is 14.6 Å². The number of ether oxygens (including phenoxy) is 1. The summed E-state index contributed by atoms with van der Waals surface area (Å²) in [6, 6.07) is 17.5. The van der Waals surface area contributed by atoms with E-state index in [1.165, 1.54) is 0 Å². The highest BCUT2D eigenvalue weighted by atomic mass is 35.5. The maximum absolute atomic E-state index is 13.0. The molecule has 0 unspecified atom stereocenters. The van der Waals surface area contributed by atoms with E-state index in [9.17, 15) is 4.79 Å². The largest absolute Gasteiger partial charge is 0.492 e. The van der Waals surface area contributed by atoms with Crippen LogP contribution in [0.4, 0.5) is 0 Å². The molecule has 0 spiro atoms. The molecule has 0 saturated carbocycles. The Morgan fingerprint density at radius 1 is 1.12 bits per heavy atom. The second-order valence-corrected chi connectivity index (χ2v) is 6.96. The lowest BCUT2D eigenvalue weighted by atomic mass is 10.1. The number of halogens is 1. The van der Waals surface area contributed by atoms with Crippen LogP contribution in [0.2, 0.25) is 5.02 Å². The van der Waals surface area contributed by atoms with Crippen LogP contribution in [0.15, 0.2) is 59.4 Å². The van der Waals surface area contributed by atoms with Crippen LogP contribution in [0.5, 0.6) is 5.75 Å². The van der Waals surface area contributed by atoms with Crippen molar-refractivity contribution in [2.45, 2.75) is 33.0 Å². The Morgan fingerprint density at radius 3 is 2.62 bits per heavy atom. The summed E-state index contributed by atoms with van der Waals surface area (Å²) in [5, 5.41) is 4.93. The fraction of sp³-hybridized carbons (Fsp3) is 0.286. The van der Waals surface area contributed by atoms with Crippen molar-refractivity contribution in [1.29, 1.82) is 0 Å². The van der Waals surface area contributed by atoms with Gasteiger partial charge >= 0.3 is 0 Å². The fourth-order valence-corrected chi connectivity index (χ4v) is 3.01. The summed E-state index contributed by atoms with van der Waals surface area (Å²) in [4.78, 5) is 13.0. The first kappa shape index (κ1) is 18.5. The van der Waals surface area contributed by atoms with E-state index in [0.717, 1.165) is 22.2 Å². The summed E-state index contributed by atoms with van der Waals surface area (Å²) in [6.45, 7) is 5.53. The Morgan fingerprint density at radius 2 is 1.88 bits per heavy atom. The molecular weight excluding hydrogens is 348 g/mol. The molecule has 0 saturated heterocycles. The van der Waals surface area contributed by atoms with Crippen molar-refractivity contribution in [3.05, 3.63) is 75.5 Å². The zero-order chi connectivity index (χ0) is 18.5. The molecule has 136 valence electrons. The van der Waals surface area contributed by atoms with Gasteiger partial charge in [-0.25, -0.2) is 0 Å². The predicted molar refractivity (Wildman–Crippen MR) is 107 cm³/mol. The second kappa shape index (κ2) is 8.39. The fourth-order valence-electron chi connectivity index (χ4n) is 2.84. The van der Waals surface area contributed by atoms with Gasteiger partial charge in [0, 0.05) is 23.2 Å². The summed E-state index contributed by atoms with van der Waals surface area (Å²) < 4.78 is 7.53. The van der Waals surface area contributed by atoms with E-state index >= 15 is 0 Å². The minimum atomic E-state index is -0.00965. The lowest BCUT2D eigenvalue weighted by molar-refractivity contribution is 0.298. The standard InChI is InChI=1S/C21H23ClN2O2/c1-15(2)23-14-17-12-16-8-9-18(22)13-20(16)24(21(17)25)10-11-26-19-6-4-3-5-7-19/h3-9,12-13,15,23H,10-11,14H2,1-2H3. The molecule has 0 aliphatic rings. The highest BCUT2D eigenvalue weighted by molar-refractivity contribution is 6.31. The molecule has 3 rings (SSSR count). The van der Waals surface area contributed by atoms with Crippen LogP contribution < -0.4 is 15.6 Å². The van der Waals surface area contributed by atoms with Gasteiger partial charge in [0.05, 0.1) is 12.1 Å². The maximum Gasteiger partial charge on any atom is 0.255 e. The molecule has 1 aromatic heterocycles. The Bertz CT molecular complexity index is 936. The number of benzene rings is 2. The van der Waals surface area contributed by atoms with E-state index in [-0.39, 0.29) is 5.56 Å². The average Bonchev–Trinajstić information content (AvgIpc) is 2.63. The summed E-state index contributed by atoms with van der Waals surface area (Å²) in [6.07, 6.45) is 0. The average molecular weight is 371 g/mol. The van der Waals surface area contributed by atoms with Crippen LogP contribution in [0.1, 0.15) is 19.4 Å². The zero-order valence-electron chi connectivity index (χ0n) is 15.0. The van der Waals surface area contributed by atoms with Gasteiger partial charge in [0.1, 0.15) is 12.4 Å². The molecule has 5 heteroatoms. The van der Waals surface area contributed by atoms with Crippen molar-refractivity contribution in [2.24, 2.45) is 0 Å². The smallest absolute Gasteiger partial charge is 0.255 e. The molecule has 1 heterocycles. The first-order chi connectivity index (χ1) is 12.5. The molecule has 0 aliphatic carbocycles. The van der Waals surface area contributed by atoms with Crippen LogP contribution in [0.25, 0.3) is 10.9 Å². The minimum Gasteiger partial charge on any atom is -0.492 e. The van der Waals surface area contributed by atoms with E-state index in [1.54, 1.807) is 4.57 Å². The summed E-state index contributed by atoms with van der Waals surface area (Å²) >= 11 is 6.16. The van der Waals surface area contributed by atoms with E-state index in [4.69, 9.17) is 16.3 Å². The number of rotatable bonds is 7. The number of nitrogens with zero attached hydrogens (tertiary/aromatic N) is 1. The molecule has 0 atom stereocenters. The summed E-state index contributed by atoms with van der Waals surface area (Å²) in [7, 11) is 0. The number of hydrogen-bond donors (Lipinski definition) is 1. The van der Waals surface area contributed by atoms with Crippen LogP contribution in [0.3, 0.4) is 0 Å². The third kappa shape index (κ3) is 4.45. The third-order valence-corrected chi connectivity index (χ3v) is 4.40. The van der Waals surface area contributed by atoms with Crippen LogP contribution >= 0.6 is 11.6 Å². The number of aromatic nitrogens is 1. The van der Waals surface area contributed by atoms with Gasteiger partial charge in [0.2, 0.25) is 0 Å². The van der Waals surface area contributed by atoms with Crippen LogP contribution in [0, 0.1) is 0 Å². The van der Waals surface area contributed by atoms with E-state index in [2.05, 4.69) is 19.2 Å². The molecule has 0 fully saturated rings. The number of nitrogens with one attached hydrogen (secondary N) is 1. The highest BCUT2D eigenvalue weighted by Gasteiger charge is 2.10. The Balaban J connectivity index is 1.91. The molecule has 26 heavy (non-hydrogen) atoms. The van der Waals surface area contributed by atoms with Gasteiger partial charge in [-0.3, -0.25) is 4.79 Å². The van der Waals surface area contributed by atoms with Crippen molar-refractivity contribution in [3.63, 3.8) is 0 Å². The molecular formula is C21H23ClN2O2. The van der Waals surface area contributed by atoms with E-state index in [0.29, 0.717) is 30.8 Å². The molecule has 1 N–H and O–H groups in total. The molecule has 3 aromatic rings. The van der Waals surface area contributed by atoms with Crippen molar-refractivity contribution in [1.82, 2.24) is 9.88 Å². The number of hydrogen-bond acceptors (Lipinski definition) is 3. The van der Waals surface area contributed by atoms with Gasteiger partial charge in [-0.05, 0) is 35.7 Å². The Kier molecular flexibility index (Phi) is 5.96. The molecule has 0 aliphatic heterocycles. The summed E-state index contributed by atoms with van der Waals surface area (Å²) in [5.41, 5.74) is 1.56. The lowest BCUT2D eigenvalue weighted by Crippen LogP contribution is -2.31. The van der Waals surface area contributed by atoms with Crippen LogP contribution in [-0.4, -0.2) is 17.2 Å². The SMILES string of the molecule is CC(C)NCc1cc2ccc(Cl)cc2n(CCOc2ccccc2)c1=O. The topological polar surface area (TPSA) is 43.3 Å². The van der Waals surface area contributed by atoms with Gasteiger partial charge in [-0.1, -0.05) is 49.7 Å².